The lowest BCUT2D eigenvalue weighted by Crippen LogP contribution is -2.42. The predicted molar refractivity (Wildman–Crippen MR) is 72.1 cm³/mol. The van der Waals surface area contributed by atoms with Crippen LogP contribution in [0.5, 0.6) is 0 Å². The molecule has 1 heterocycles. The van der Waals surface area contributed by atoms with Crippen molar-refractivity contribution in [3.63, 3.8) is 0 Å². The number of esters is 1. The molecule has 0 spiro atoms. The van der Waals surface area contributed by atoms with E-state index >= 15 is 0 Å². The number of methoxy groups -OCH3 is 1. The van der Waals surface area contributed by atoms with Gasteiger partial charge in [0.2, 0.25) is 0 Å². The maximum atomic E-state index is 11.9. The van der Waals surface area contributed by atoms with E-state index in [1.165, 1.54) is 18.4 Å². The number of nitrogens with one attached hydrogen (secondary N) is 1. The molecule has 0 aromatic carbocycles. The lowest BCUT2D eigenvalue weighted by Gasteiger charge is -2.17. The van der Waals surface area contributed by atoms with Crippen LogP contribution in [-0.2, 0) is 9.53 Å². The van der Waals surface area contributed by atoms with Gasteiger partial charge in [-0.1, -0.05) is 25.4 Å². The summed E-state index contributed by atoms with van der Waals surface area (Å²) in [4.78, 5) is 23.9. The minimum absolute atomic E-state index is 0.279. The Labute approximate surface area is 115 Å². The molecule has 1 aromatic heterocycles. The van der Waals surface area contributed by atoms with E-state index in [9.17, 15) is 9.59 Å². The van der Waals surface area contributed by atoms with Crippen LogP contribution >= 0.6 is 22.9 Å². The highest BCUT2D eigenvalue weighted by Crippen LogP contribution is 2.21. The fraction of sp³-hybridized carbons (Fsp3) is 0.500. The normalized spacial score (nSPS) is 12.3. The second-order valence-electron chi connectivity index (χ2n) is 4.28. The average Bonchev–Trinajstić information content (AvgIpc) is 2.73. The van der Waals surface area contributed by atoms with Crippen LogP contribution in [0.3, 0.4) is 0 Å². The Bertz CT molecular complexity index is 431. The van der Waals surface area contributed by atoms with Gasteiger partial charge in [0.15, 0.2) is 0 Å². The third kappa shape index (κ3) is 4.31. The van der Waals surface area contributed by atoms with Crippen LogP contribution < -0.4 is 5.32 Å². The van der Waals surface area contributed by atoms with E-state index in [1.54, 1.807) is 12.1 Å². The van der Waals surface area contributed by atoms with Crippen molar-refractivity contribution in [3.8, 4) is 0 Å². The zero-order chi connectivity index (χ0) is 13.7. The van der Waals surface area contributed by atoms with E-state index in [0.717, 1.165) is 0 Å². The number of ether oxygens (including phenoxy) is 1. The second-order valence-corrected chi connectivity index (χ2v) is 6.00. The smallest absolute Gasteiger partial charge is 0.328 e. The van der Waals surface area contributed by atoms with Crippen LogP contribution in [0.4, 0.5) is 0 Å². The van der Waals surface area contributed by atoms with Crippen molar-refractivity contribution in [2.45, 2.75) is 26.3 Å². The van der Waals surface area contributed by atoms with Gasteiger partial charge in [-0.05, 0) is 24.5 Å². The Kier molecular flexibility index (Phi) is 5.62. The molecule has 0 radical (unpaired) electrons. The number of halogens is 1. The summed E-state index contributed by atoms with van der Waals surface area (Å²) in [5, 5.41) is 2.67. The Morgan fingerprint density at radius 3 is 2.56 bits per heavy atom. The summed E-state index contributed by atoms with van der Waals surface area (Å²) in [7, 11) is 1.31. The van der Waals surface area contributed by atoms with Crippen LogP contribution in [0, 0.1) is 5.92 Å². The van der Waals surface area contributed by atoms with Crippen LogP contribution in [-0.4, -0.2) is 25.0 Å². The molecule has 0 aliphatic heterocycles. The lowest BCUT2D eigenvalue weighted by atomic mass is 10.0. The van der Waals surface area contributed by atoms with Gasteiger partial charge >= 0.3 is 5.97 Å². The average molecular weight is 290 g/mol. The molecular weight excluding hydrogens is 274 g/mol. The molecule has 18 heavy (non-hydrogen) atoms. The number of carbonyl (C=O) groups is 2. The molecule has 1 N–H and O–H groups in total. The first-order valence-electron chi connectivity index (χ1n) is 5.58. The predicted octanol–water partition coefficient (Wildman–Crippen LogP) is 2.72. The van der Waals surface area contributed by atoms with Gasteiger partial charge in [-0.3, -0.25) is 4.79 Å². The summed E-state index contributed by atoms with van der Waals surface area (Å²) in [5.74, 6) is -0.455. The minimum atomic E-state index is -0.622. The Balaban J connectivity index is 2.71. The molecule has 0 unspecified atom stereocenters. The summed E-state index contributed by atoms with van der Waals surface area (Å²) < 4.78 is 5.22. The first-order valence-corrected chi connectivity index (χ1v) is 6.77. The summed E-state index contributed by atoms with van der Waals surface area (Å²) in [6.07, 6.45) is 0.539. The van der Waals surface area contributed by atoms with Gasteiger partial charge < -0.3 is 10.1 Å². The van der Waals surface area contributed by atoms with Crippen LogP contribution in [0.25, 0.3) is 0 Å². The van der Waals surface area contributed by atoms with Crippen molar-refractivity contribution in [1.29, 1.82) is 0 Å². The highest BCUT2D eigenvalue weighted by Gasteiger charge is 2.23. The van der Waals surface area contributed by atoms with E-state index in [-0.39, 0.29) is 11.8 Å². The number of thiophene rings is 1. The molecule has 6 heteroatoms. The van der Waals surface area contributed by atoms with Crippen molar-refractivity contribution < 1.29 is 14.3 Å². The zero-order valence-electron chi connectivity index (χ0n) is 10.5. The quantitative estimate of drug-likeness (QED) is 0.848. The summed E-state index contributed by atoms with van der Waals surface area (Å²) in [6.45, 7) is 3.95. The van der Waals surface area contributed by atoms with Gasteiger partial charge in [0.1, 0.15) is 6.04 Å². The minimum Gasteiger partial charge on any atom is -0.467 e. The Hall–Kier alpha value is -1.07. The first kappa shape index (κ1) is 15.0. The molecular formula is C12H16ClNO3S. The van der Waals surface area contributed by atoms with E-state index in [1.807, 2.05) is 13.8 Å². The molecule has 1 amide bonds. The summed E-state index contributed by atoms with van der Waals surface area (Å²) >= 11 is 6.94. The van der Waals surface area contributed by atoms with Gasteiger partial charge in [-0.15, -0.1) is 11.3 Å². The van der Waals surface area contributed by atoms with Gasteiger partial charge in [-0.25, -0.2) is 4.79 Å². The monoisotopic (exact) mass is 289 g/mol. The van der Waals surface area contributed by atoms with Gasteiger partial charge in [0.25, 0.3) is 5.91 Å². The molecule has 0 saturated heterocycles. The molecule has 100 valence electrons. The van der Waals surface area contributed by atoms with Crippen molar-refractivity contribution in [2.75, 3.05) is 7.11 Å². The van der Waals surface area contributed by atoms with Crippen molar-refractivity contribution in [2.24, 2.45) is 5.92 Å². The SMILES string of the molecule is COC(=O)[C@@H](CC(C)C)NC(=O)c1ccc(Cl)s1. The van der Waals surface area contributed by atoms with Crippen LogP contribution in [0.1, 0.15) is 29.9 Å². The fourth-order valence-electron chi connectivity index (χ4n) is 1.49. The standard InChI is InChI=1S/C12H16ClNO3S/c1-7(2)6-8(12(16)17-3)14-11(15)9-4-5-10(13)18-9/h4-5,7-8H,6H2,1-3H3,(H,14,15)/t8-/m1/s1. The van der Waals surface area contributed by atoms with Gasteiger partial charge in [0, 0.05) is 0 Å². The number of carbonyl (C=O) groups excluding carboxylic acids is 2. The number of rotatable bonds is 5. The largest absolute Gasteiger partial charge is 0.467 e. The van der Waals surface area contributed by atoms with Crippen LogP contribution in [0.15, 0.2) is 12.1 Å². The molecule has 0 saturated carbocycles. The zero-order valence-corrected chi connectivity index (χ0v) is 12.1. The number of amides is 1. The Morgan fingerprint density at radius 1 is 1.44 bits per heavy atom. The molecule has 1 rings (SSSR count). The number of hydrogen-bond acceptors (Lipinski definition) is 4. The lowest BCUT2D eigenvalue weighted by molar-refractivity contribution is -0.143. The molecule has 0 fully saturated rings. The summed E-state index contributed by atoms with van der Waals surface area (Å²) in [5.41, 5.74) is 0. The highest BCUT2D eigenvalue weighted by atomic mass is 35.5. The molecule has 1 aromatic rings. The number of hydrogen-bond donors (Lipinski definition) is 1. The summed E-state index contributed by atoms with van der Waals surface area (Å²) in [6, 6.07) is 2.66. The molecule has 0 aliphatic carbocycles. The third-order valence-corrected chi connectivity index (χ3v) is 3.53. The maximum Gasteiger partial charge on any atom is 0.328 e. The van der Waals surface area contributed by atoms with Crippen LogP contribution in [0.2, 0.25) is 4.34 Å². The Morgan fingerprint density at radius 2 is 2.11 bits per heavy atom. The highest BCUT2D eigenvalue weighted by molar-refractivity contribution is 7.18. The van der Waals surface area contributed by atoms with E-state index in [2.05, 4.69) is 10.1 Å². The van der Waals surface area contributed by atoms with E-state index in [0.29, 0.717) is 15.6 Å². The molecule has 1 atom stereocenters. The van der Waals surface area contributed by atoms with Gasteiger partial charge in [-0.2, -0.15) is 0 Å². The maximum absolute atomic E-state index is 11.9. The fourth-order valence-corrected chi connectivity index (χ4v) is 2.44. The molecule has 4 nitrogen and oxygen atoms in total. The first-order chi connectivity index (χ1) is 8.43. The molecule has 0 aliphatic rings. The van der Waals surface area contributed by atoms with Crippen molar-refractivity contribution in [3.05, 3.63) is 21.3 Å². The van der Waals surface area contributed by atoms with Crippen molar-refractivity contribution >= 4 is 34.8 Å². The van der Waals surface area contributed by atoms with Crippen molar-refractivity contribution in [1.82, 2.24) is 5.32 Å². The topological polar surface area (TPSA) is 55.4 Å². The van der Waals surface area contributed by atoms with E-state index < -0.39 is 12.0 Å². The third-order valence-electron chi connectivity index (χ3n) is 2.30. The second kappa shape index (κ2) is 6.75. The van der Waals surface area contributed by atoms with Gasteiger partial charge in [0.05, 0.1) is 16.3 Å². The molecule has 0 bridgehead atoms. The van der Waals surface area contributed by atoms with E-state index in [4.69, 9.17) is 11.6 Å².